The van der Waals surface area contributed by atoms with Gasteiger partial charge < -0.3 is 19.5 Å². The highest BCUT2D eigenvalue weighted by molar-refractivity contribution is 5.92. The highest BCUT2D eigenvalue weighted by atomic mass is 16.6. The number of amides is 2. The van der Waals surface area contributed by atoms with Crippen molar-refractivity contribution in [2.24, 2.45) is 5.10 Å². The van der Waals surface area contributed by atoms with Crippen molar-refractivity contribution in [1.82, 2.24) is 5.43 Å². The Morgan fingerprint density at radius 1 is 0.919 bits per heavy atom. The van der Waals surface area contributed by atoms with Gasteiger partial charge in [-0.2, -0.15) is 5.10 Å². The van der Waals surface area contributed by atoms with E-state index in [-0.39, 0.29) is 24.0 Å². The molecule has 0 saturated heterocycles. The minimum absolute atomic E-state index is 0.0175. The number of hydrazone groups is 1. The molecule has 3 aromatic carbocycles. The minimum Gasteiger partial charge on any atom is -0.490 e. The first kappa shape index (κ1) is 26.7. The lowest BCUT2D eigenvalue weighted by molar-refractivity contribution is -0.385. The number of nitrogens with one attached hydrogen (secondary N) is 2. The number of aryl methyl sites for hydroxylation is 1. The van der Waals surface area contributed by atoms with Crippen LogP contribution in [0.4, 0.5) is 11.4 Å². The van der Waals surface area contributed by atoms with Crippen molar-refractivity contribution in [3.05, 3.63) is 88.0 Å². The van der Waals surface area contributed by atoms with Crippen LogP contribution in [0.15, 0.2) is 71.8 Å². The number of benzene rings is 3. The molecule has 0 spiro atoms. The Hall–Kier alpha value is -4.93. The van der Waals surface area contributed by atoms with E-state index in [4.69, 9.17) is 14.2 Å². The number of nitrogens with zero attached hydrogens (tertiary/aromatic N) is 2. The van der Waals surface area contributed by atoms with Crippen molar-refractivity contribution in [1.29, 1.82) is 0 Å². The Balaban J connectivity index is 1.53. The first-order valence-electron chi connectivity index (χ1n) is 11.3. The Morgan fingerprint density at radius 2 is 1.62 bits per heavy atom. The lowest BCUT2D eigenvalue weighted by atomic mass is 10.2. The lowest BCUT2D eigenvalue weighted by Gasteiger charge is -2.12. The molecule has 0 heterocycles. The third kappa shape index (κ3) is 8.35. The van der Waals surface area contributed by atoms with Crippen molar-refractivity contribution in [2.45, 2.75) is 13.8 Å². The molecule has 0 saturated carbocycles. The fourth-order valence-corrected chi connectivity index (χ4v) is 3.05. The van der Waals surface area contributed by atoms with Crippen molar-refractivity contribution in [2.75, 3.05) is 25.1 Å². The maximum atomic E-state index is 12.2. The Labute approximate surface area is 213 Å². The maximum Gasteiger partial charge on any atom is 0.310 e. The molecular formula is C26H26N4O7. The molecule has 2 N–H and O–H groups in total. The number of hydrogen-bond acceptors (Lipinski definition) is 8. The van der Waals surface area contributed by atoms with Crippen molar-refractivity contribution in [3.63, 3.8) is 0 Å². The highest BCUT2D eigenvalue weighted by Gasteiger charge is 2.15. The number of hydrogen-bond donors (Lipinski definition) is 2. The number of para-hydroxylation sites is 2. The third-order valence-corrected chi connectivity index (χ3v) is 4.79. The summed E-state index contributed by atoms with van der Waals surface area (Å²) in [6.45, 7) is 3.47. The lowest BCUT2D eigenvalue weighted by Crippen LogP contribution is -2.24. The van der Waals surface area contributed by atoms with E-state index in [9.17, 15) is 19.7 Å². The number of carbonyl (C=O) groups excluding carboxylic acids is 2. The van der Waals surface area contributed by atoms with E-state index in [1.54, 1.807) is 24.3 Å². The SMILES string of the molecule is CCOc1cc(/C=N/NC(=O)COc2ccccc2[N+](=O)[O-])ccc1OCC(=O)Nc1ccc(C)cc1. The first-order chi connectivity index (χ1) is 17.9. The number of carbonyl (C=O) groups is 2. The van der Waals surface area contributed by atoms with Crippen LogP contribution in [0.25, 0.3) is 0 Å². The van der Waals surface area contributed by atoms with Gasteiger partial charge in [0.2, 0.25) is 0 Å². The molecule has 0 atom stereocenters. The maximum absolute atomic E-state index is 12.2. The van der Waals surface area contributed by atoms with Crippen LogP contribution in [0.2, 0.25) is 0 Å². The molecule has 3 rings (SSSR count). The number of anilines is 1. The summed E-state index contributed by atoms with van der Waals surface area (Å²) in [6.07, 6.45) is 1.39. The van der Waals surface area contributed by atoms with E-state index in [0.717, 1.165) is 5.56 Å². The third-order valence-electron chi connectivity index (χ3n) is 4.79. The molecule has 0 aliphatic carbocycles. The average Bonchev–Trinajstić information content (AvgIpc) is 2.88. The van der Waals surface area contributed by atoms with Gasteiger partial charge in [-0.3, -0.25) is 19.7 Å². The van der Waals surface area contributed by atoms with E-state index in [1.807, 2.05) is 38.1 Å². The zero-order valence-corrected chi connectivity index (χ0v) is 20.3. The van der Waals surface area contributed by atoms with E-state index >= 15 is 0 Å². The summed E-state index contributed by atoms with van der Waals surface area (Å²) in [4.78, 5) is 34.7. The second-order valence-corrected chi connectivity index (χ2v) is 7.65. The molecule has 0 fully saturated rings. The van der Waals surface area contributed by atoms with Gasteiger partial charge in [-0.05, 0) is 55.8 Å². The standard InChI is InChI=1S/C26H26N4O7/c1-3-35-24-14-19(10-13-23(24)37-16-25(31)28-20-11-8-18(2)9-12-20)15-27-29-26(32)17-36-22-7-5-4-6-21(22)30(33)34/h4-15H,3,16-17H2,1-2H3,(H,28,31)(H,29,32)/b27-15+. The van der Waals surface area contributed by atoms with Crippen LogP contribution in [0.5, 0.6) is 17.2 Å². The summed E-state index contributed by atoms with van der Waals surface area (Å²) in [5.74, 6) is -0.154. The van der Waals surface area contributed by atoms with Gasteiger partial charge in [0.25, 0.3) is 11.8 Å². The summed E-state index contributed by atoms with van der Waals surface area (Å²) < 4.78 is 16.5. The topological polar surface area (TPSA) is 141 Å². The second-order valence-electron chi connectivity index (χ2n) is 7.65. The molecule has 2 amide bonds. The van der Waals surface area contributed by atoms with Gasteiger partial charge in [-0.15, -0.1) is 0 Å². The number of nitro groups is 1. The monoisotopic (exact) mass is 506 g/mol. The highest BCUT2D eigenvalue weighted by Crippen LogP contribution is 2.28. The van der Waals surface area contributed by atoms with Gasteiger partial charge in [-0.1, -0.05) is 29.8 Å². The predicted octanol–water partition coefficient (Wildman–Crippen LogP) is 3.85. The summed E-state index contributed by atoms with van der Waals surface area (Å²) >= 11 is 0. The second kappa shape index (κ2) is 13.2. The molecule has 0 bridgehead atoms. The van der Waals surface area contributed by atoms with Crippen LogP contribution in [0.1, 0.15) is 18.1 Å². The van der Waals surface area contributed by atoms with Crippen LogP contribution in [-0.2, 0) is 9.59 Å². The summed E-state index contributed by atoms with van der Waals surface area (Å²) in [6, 6.07) is 18.1. The smallest absolute Gasteiger partial charge is 0.310 e. The molecule has 0 aromatic heterocycles. The largest absolute Gasteiger partial charge is 0.490 e. The zero-order valence-electron chi connectivity index (χ0n) is 20.3. The Kier molecular flexibility index (Phi) is 9.54. The van der Waals surface area contributed by atoms with Crippen molar-refractivity contribution >= 4 is 29.4 Å². The fourth-order valence-electron chi connectivity index (χ4n) is 3.05. The van der Waals surface area contributed by atoms with Gasteiger partial charge in [0.1, 0.15) is 0 Å². The van der Waals surface area contributed by atoms with Gasteiger partial charge in [0.15, 0.2) is 30.5 Å². The van der Waals surface area contributed by atoms with Gasteiger partial charge in [0, 0.05) is 11.8 Å². The average molecular weight is 507 g/mol. The van der Waals surface area contributed by atoms with Crippen LogP contribution < -0.4 is 25.0 Å². The van der Waals surface area contributed by atoms with Crippen LogP contribution >= 0.6 is 0 Å². The molecular weight excluding hydrogens is 480 g/mol. The van der Waals surface area contributed by atoms with E-state index < -0.39 is 17.4 Å². The molecule has 0 aliphatic heterocycles. The quantitative estimate of drug-likeness (QED) is 0.216. The number of ether oxygens (including phenoxy) is 3. The molecule has 11 heteroatoms. The van der Waals surface area contributed by atoms with Crippen LogP contribution in [-0.4, -0.2) is 42.8 Å². The molecule has 192 valence electrons. The predicted molar refractivity (Wildman–Crippen MR) is 137 cm³/mol. The molecule has 11 nitrogen and oxygen atoms in total. The van der Waals surface area contributed by atoms with E-state index in [1.165, 1.54) is 24.4 Å². The van der Waals surface area contributed by atoms with Gasteiger partial charge in [-0.25, -0.2) is 5.43 Å². The summed E-state index contributed by atoms with van der Waals surface area (Å²) in [5.41, 5.74) is 4.41. The number of rotatable bonds is 12. The number of nitro benzene ring substituents is 1. The van der Waals surface area contributed by atoms with Crippen molar-refractivity contribution in [3.8, 4) is 17.2 Å². The zero-order chi connectivity index (χ0) is 26.6. The van der Waals surface area contributed by atoms with Crippen LogP contribution in [0.3, 0.4) is 0 Å². The normalized spacial score (nSPS) is 10.5. The minimum atomic E-state index is -0.598. The van der Waals surface area contributed by atoms with Gasteiger partial charge >= 0.3 is 5.69 Å². The molecule has 0 aliphatic rings. The molecule has 0 unspecified atom stereocenters. The Bertz CT molecular complexity index is 1280. The summed E-state index contributed by atoms with van der Waals surface area (Å²) in [7, 11) is 0. The fraction of sp³-hybridized carbons (Fsp3) is 0.192. The van der Waals surface area contributed by atoms with Crippen molar-refractivity contribution < 1.29 is 28.7 Å². The molecule has 3 aromatic rings. The van der Waals surface area contributed by atoms with Gasteiger partial charge in [0.05, 0.1) is 17.7 Å². The first-order valence-corrected chi connectivity index (χ1v) is 11.3. The van der Waals surface area contributed by atoms with E-state index in [0.29, 0.717) is 29.4 Å². The molecule has 0 radical (unpaired) electrons. The van der Waals surface area contributed by atoms with E-state index in [2.05, 4.69) is 15.8 Å². The molecule has 37 heavy (non-hydrogen) atoms. The Morgan fingerprint density at radius 3 is 2.35 bits per heavy atom. The van der Waals surface area contributed by atoms with Crippen LogP contribution in [0, 0.1) is 17.0 Å². The summed E-state index contributed by atoms with van der Waals surface area (Å²) in [5, 5.41) is 17.6.